The van der Waals surface area contributed by atoms with Gasteiger partial charge in [0.25, 0.3) is 0 Å². The standard InChI is InChI=1S/C16H16N2O3/c1-20-16-7-6-13(17-18-16)14(19)10-11-8-9-21-15-5-3-2-4-12(11)15/h2-7,11H,8-10H2,1H3. The van der Waals surface area contributed by atoms with Crippen LogP contribution in [-0.2, 0) is 0 Å². The van der Waals surface area contributed by atoms with Gasteiger partial charge in [0.15, 0.2) is 5.78 Å². The zero-order chi connectivity index (χ0) is 14.7. The minimum absolute atomic E-state index is 0.00754. The number of Topliss-reactive ketones (excluding diaryl/α,β-unsaturated/α-hetero) is 1. The monoisotopic (exact) mass is 284 g/mol. The summed E-state index contributed by atoms with van der Waals surface area (Å²) in [5.74, 6) is 1.45. The number of carbonyl (C=O) groups excluding carboxylic acids is 1. The molecule has 0 aliphatic carbocycles. The van der Waals surface area contributed by atoms with E-state index in [0.717, 1.165) is 17.7 Å². The Morgan fingerprint density at radius 2 is 2.14 bits per heavy atom. The fourth-order valence-electron chi connectivity index (χ4n) is 2.53. The third-order valence-electron chi connectivity index (χ3n) is 3.65. The van der Waals surface area contributed by atoms with Gasteiger partial charge in [0, 0.05) is 12.5 Å². The predicted octanol–water partition coefficient (Wildman–Crippen LogP) is 2.62. The van der Waals surface area contributed by atoms with Crippen molar-refractivity contribution in [3.63, 3.8) is 0 Å². The molecule has 1 unspecified atom stereocenters. The van der Waals surface area contributed by atoms with Gasteiger partial charge < -0.3 is 9.47 Å². The third kappa shape index (κ3) is 2.86. The van der Waals surface area contributed by atoms with Gasteiger partial charge >= 0.3 is 0 Å². The Labute approximate surface area is 122 Å². The lowest BCUT2D eigenvalue weighted by molar-refractivity contribution is 0.0960. The smallest absolute Gasteiger partial charge is 0.233 e. The quantitative estimate of drug-likeness (QED) is 0.808. The van der Waals surface area contributed by atoms with Gasteiger partial charge in [-0.05, 0) is 30.0 Å². The van der Waals surface area contributed by atoms with Crippen molar-refractivity contribution in [2.24, 2.45) is 0 Å². The summed E-state index contributed by atoms with van der Waals surface area (Å²) in [5, 5.41) is 7.75. The molecular weight excluding hydrogens is 268 g/mol. The van der Waals surface area contributed by atoms with E-state index in [2.05, 4.69) is 10.2 Å². The van der Waals surface area contributed by atoms with Gasteiger partial charge in [-0.2, -0.15) is 0 Å². The van der Waals surface area contributed by atoms with Gasteiger partial charge in [-0.1, -0.05) is 18.2 Å². The molecule has 1 aliphatic heterocycles. The highest BCUT2D eigenvalue weighted by Crippen LogP contribution is 2.35. The lowest BCUT2D eigenvalue weighted by Gasteiger charge is -2.25. The molecule has 1 aromatic heterocycles. The highest BCUT2D eigenvalue weighted by molar-refractivity contribution is 5.94. The molecule has 2 heterocycles. The van der Waals surface area contributed by atoms with Crippen molar-refractivity contribution >= 4 is 5.78 Å². The molecule has 0 spiro atoms. The maximum absolute atomic E-state index is 12.3. The summed E-state index contributed by atoms with van der Waals surface area (Å²) < 4.78 is 10.6. The van der Waals surface area contributed by atoms with E-state index >= 15 is 0 Å². The Morgan fingerprint density at radius 3 is 2.90 bits per heavy atom. The van der Waals surface area contributed by atoms with E-state index in [9.17, 15) is 4.79 Å². The number of rotatable bonds is 4. The number of benzene rings is 1. The molecule has 0 amide bonds. The number of para-hydroxylation sites is 1. The summed E-state index contributed by atoms with van der Waals surface area (Å²) in [6.07, 6.45) is 1.26. The molecular formula is C16H16N2O3. The van der Waals surface area contributed by atoms with Crippen LogP contribution in [0.2, 0.25) is 0 Å². The molecule has 0 saturated heterocycles. The molecule has 0 saturated carbocycles. The Hall–Kier alpha value is -2.43. The molecule has 0 N–H and O–H groups in total. The molecule has 0 bridgehead atoms. The average Bonchev–Trinajstić information content (AvgIpc) is 2.55. The van der Waals surface area contributed by atoms with E-state index < -0.39 is 0 Å². The number of hydrogen-bond acceptors (Lipinski definition) is 5. The van der Waals surface area contributed by atoms with Crippen molar-refractivity contribution in [2.45, 2.75) is 18.8 Å². The van der Waals surface area contributed by atoms with Gasteiger partial charge in [-0.25, -0.2) is 0 Å². The first-order valence-electron chi connectivity index (χ1n) is 6.90. The largest absolute Gasteiger partial charge is 0.493 e. The molecule has 1 aliphatic rings. The number of ether oxygens (including phenoxy) is 2. The highest BCUT2D eigenvalue weighted by Gasteiger charge is 2.24. The minimum Gasteiger partial charge on any atom is -0.493 e. The molecule has 1 aromatic carbocycles. The number of hydrogen-bond donors (Lipinski definition) is 0. The normalized spacial score (nSPS) is 16.7. The summed E-state index contributed by atoms with van der Waals surface area (Å²) in [5.41, 5.74) is 1.47. The Morgan fingerprint density at radius 1 is 1.29 bits per heavy atom. The second-order valence-corrected chi connectivity index (χ2v) is 4.96. The summed E-state index contributed by atoms with van der Waals surface area (Å²) in [4.78, 5) is 12.3. The summed E-state index contributed by atoms with van der Waals surface area (Å²) >= 11 is 0. The number of carbonyl (C=O) groups is 1. The summed E-state index contributed by atoms with van der Waals surface area (Å²) in [6.45, 7) is 0.642. The van der Waals surface area contributed by atoms with Crippen molar-refractivity contribution in [2.75, 3.05) is 13.7 Å². The van der Waals surface area contributed by atoms with Gasteiger partial charge in [0.1, 0.15) is 11.4 Å². The molecule has 2 aromatic rings. The van der Waals surface area contributed by atoms with Crippen LogP contribution in [0.5, 0.6) is 11.6 Å². The molecule has 21 heavy (non-hydrogen) atoms. The van der Waals surface area contributed by atoms with Crippen molar-refractivity contribution in [3.8, 4) is 11.6 Å². The predicted molar refractivity (Wildman–Crippen MR) is 76.8 cm³/mol. The van der Waals surface area contributed by atoms with E-state index in [1.165, 1.54) is 7.11 Å². The maximum atomic E-state index is 12.3. The van der Waals surface area contributed by atoms with Crippen molar-refractivity contribution in [3.05, 3.63) is 47.7 Å². The lowest BCUT2D eigenvalue weighted by Crippen LogP contribution is -2.17. The van der Waals surface area contributed by atoms with Gasteiger partial charge in [0.2, 0.25) is 5.88 Å². The van der Waals surface area contributed by atoms with Crippen LogP contribution < -0.4 is 9.47 Å². The van der Waals surface area contributed by atoms with Crippen LogP contribution in [0.4, 0.5) is 0 Å². The second kappa shape index (κ2) is 5.91. The fraction of sp³-hybridized carbons (Fsp3) is 0.312. The van der Waals surface area contributed by atoms with E-state index in [4.69, 9.17) is 9.47 Å². The zero-order valence-electron chi connectivity index (χ0n) is 11.8. The molecule has 108 valence electrons. The minimum atomic E-state index is -0.00754. The van der Waals surface area contributed by atoms with Crippen molar-refractivity contribution in [1.82, 2.24) is 10.2 Å². The van der Waals surface area contributed by atoms with Crippen LogP contribution in [0, 0.1) is 0 Å². The summed E-state index contributed by atoms with van der Waals surface area (Å²) in [6, 6.07) is 11.2. The average molecular weight is 284 g/mol. The number of nitrogens with zero attached hydrogens (tertiary/aromatic N) is 2. The van der Waals surface area contributed by atoms with Crippen LogP contribution in [0.3, 0.4) is 0 Å². The number of fused-ring (bicyclic) bond motifs is 1. The Balaban J connectivity index is 1.76. The number of methoxy groups -OCH3 is 1. The lowest BCUT2D eigenvalue weighted by atomic mass is 9.88. The van der Waals surface area contributed by atoms with E-state index in [1.54, 1.807) is 12.1 Å². The third-order valence-corrected chi connectivity index (χ3v) is 3.65. The van der Waals surface area contributed by atoms with Crippen LogP contribution in [-0.4, -0.2) is 29.7 Å². The molecule has 0 radical (unpaired) electrons. The van der Waals surface area contributed by atoms with Crippen LogP contribution >= 0.6 is 0 Å². The van der Waals surface area contributed by atoms with Gasteiger partial charge in [-0.15, -0.1) is 10.2 Å². The number of ketones is 1. The van der Waals surface area contributed by atoms with Crippen molar-refractivity contribution in [1.29, 1.82) is 0 Å². The van der Waals surface area contributed by atoms with E-state index in [-0.39, 0.29) is 11.7 Å². The Kier molecular flexibility index (Phi) is 3.81. The SMILES string of the molecule is COc1ccc(C(=O)CC2CCOc3ccccc32)nn1. The molecule has 0 fully saturated rings. The van der Waals surface area contributed by atoms with Gasteiger partial charge in [0.05, 0.1) is 13.7 Å². The number of aromatic nitrogens is 2. The van der Waals surface area contributed by atoms with Crippen LogP contribution in [0.25, 0.3) is 0 Å². The fourth-order valence-corrected chi connectivity index (χ4v) is 2.53. The zero-order valence-corrected chi connectivity index (χ0v) is 11.8. The molecule has 3 rings (SSSR count). The molecule has 5 nitrogen and oxygen atoms in total. The first kappa shape index (κ1) is 13.5. The van der Waals surface area contributed by atoms with Crippen molar-refractivity contribution < 1.29 is 14.3 Å². The Bertz CT molecular complexity index is 640. The second-order valence-electron chi connectivity index (χ2n) is 4.96. The van der Waals surface area contributed by atoms with Crippen LogP contribution in [0.15, 0.2) is 36.4 Å². The van der Waals surface area contributed by atoms with Crippen LogP contribution in [0.1, 0.15) is 34.8 Å². The first-order valence-corrected chi connectivity index (χ1v) is 6.90. The topological polar surface area (TPSA) is 61.3 Å². The maximum Gasteiger partial charge on any atom is 0.233 e. The molecule has 5 heteroatoms. The molecule has 1 atom stereocenters. The van der Waals surface area contributed by atoms with E-state index in [0.29, 0.717) is 24.6 Å². The first-order chi connectivity index (χ1) is 10.3. The highest BCUT2D eigenvalue weighted by atomic mass is 16.5. The summed E-state index contributed by atoms with van der Waals surface area (Å²) in [7, 11) is 1.52. The van der Waals surface area contributed by atoms with E-state index in [1.807, 2.05) is 24.3 Å². The van der Waals surface area contributed by atoms with Gasteiger partial charge in [-0.3, -0.25) is 4.79 Å².